The second-order valence-electron chi connectivity index (χ2n) is 5.81. The van der Waals surface area contributed by atoms with Crippen molar-refractivity contribution in [1.29, 1.82) is 0 Å². The van der Waals surface area contributed by atoms with Crippen molar-refractivity contribution in [2.24, 2.45) is 0 Å². The molecular weight excluding hydrogens is 606 g/mol. The molecule has 0 spiro atoms. The molecule has 6 nitrogen and oxygen atoms in total. The maximum atomic E-state index is 12.9. The van der Waals surface area contributed by atoms with E-state index in [2.05, 4.69) is 54.9 Å². The number of para-hydroxylation sites is 2. The fraction of sp³-hybridized carbons (Fsp3) is 0.105. The van der Waals surface area contributed by atoms with Crippen LogP contribution in [0.25, 0.3) is 22.1 Å². The van der Waals surface area contributed by atoms with Gasteiger partial charge in [0.25, 0.3) is 5.56 Å². The first-order chi connectivity index (χ1) is 13.5. The van der Waals surface area contributed by atoms with Gasteiger partial charge in [-0.05, 0) is 81.1 Å². The Bertz CT molecular complexity index is 1310. The van der Waals surface area contributed by atoms with Gasteiger partial charge in [-0.1, -0.05) is 23.5 Å². The lowest BCUT2D eigenvalue weighted by Gasteiger charge is -2.10. The second-order valence-corrected chi connectivity index (χ2v) is 9.15. The summed E-state index contributed by atoms with van der Waals surface area (Å²) in [7, 11) is 1.32. The summed E-state index contributed by atoms with van der Waals surface area (Å²) in [6.07, 6.45) is 1.85. The van der Waals surface area contributed by atoms with Gasteiger partial charge < -0.3 is 9.47 Å². The summed E-state index contributed by atoms with van der Waals surface area (Å²) >= 11 is 5.67. The molecule has 0 aliphatic heterocycles. The number of nitrogens with zero attached hydrogens (tertiary/aromatic N) is 2. The number of carbonyl (C=O) groups is 1. The largest absolute Gasteiger partial charge is 0.480 e. The third kappa shape index (κ3) is 3.62. The van der Waals surface area contributed by atoms with Crippen molar-refractivity contribution in [2.75, 3.05) is 13.7 Å². The van der Waals surface area contributed by atoms with Crippen LogP contribution in [0, 0.1) is 7.14 Å². The standard InChI is InChI=1S/C19H12I2N2O4S/c1-26-16(24)9-27-17-11(20)6-10(7-12(17)21)8-15-18(25)23-14-5-3-2-4-13(14)22-19(23)28-15/h2-8H,9H2,1H3/b15-8-. The van der Waals surface area contributed by atoms with Gasteiger partial charge in [-0.2, -0.15) is 0 Å². The van der Waals surface area contributed by atoms with Crippen LogP contribution < -0.4 is 14.8 Å². The van der Waals surface area contributed by atoms with Gasteiger partial charge in [0.1, 0.15) is 5.75 Å². The Hall–Kier alpha value is -1.73. The van der Waals surface area contributed by atoms with E-state index in [1.807, 2.05) is 42.5 Å². The van der Waals surface area contributed by atoms with Crippen LogP contribution in [0.4, 0.5) is 0 Å². The summed E-state index contributed by atoms with van der Waals surface area (Å²) in [5, 5.41) is 0. The molecule has 2 heterocycles. The highest BCUT2D eigenvalue weighted by Gasteiger charge is 2.13. The highest BCUT2D eigenvalue weighted by atomic mass is 127. The Morgan fingerprint density at radius 2 is 1.96 bits per heavy atom. The van der Waals surface area contributed by atoms with E-state index in [1.54, 1.807) is 4.40 Å². The summed E-state index contributed by atoms with van der Waals surface area (Å²) < 4.78 is 14.1. The molecule has 0 fully saturated rings. The Labute approximate surface area is 190 Å². The lowest BCUT2D eigenvalue weighted by atomic mass is 10.2. The van der Waals surface area contributed by atoms with Gasteiger partial charge in [0.15, 0.2) is 11.6 Å². The van der Waals surface area contributed by atoms with E-state index < -0.39 is 5.97 Å². The molecule has 142 valence electrons. The molecule has 9 heteroatoms. The highest BCUT2D eigenvalue weighted by molar-refractivity contribution is 14.1. The number of imidazole rings is 1. The number of ether oxygens (including phenoxy) is 2. The number of aromatic nitrogens is 2. The summed E-state index contributed by atoms with van der Waals surface area (Å²) in [5.74, 6) is 0.186. The highest BCUT2D eigenvalue weighted by Crippen LogP contribution is 2.29. The third-order valence-corrected chi connectivity index (χ3v) is 6.60. The molecule has 0 radical (unpaired) electrons. The average molecular weight is 618 g/mol. The number of benzene rings is 2. The van der Waals surface area contributed by atoms with Gasteiger partial charge in [-0.25, -0.2) is 14.2 Å². The van der Waals surface area contributed by atoms with Gasteiger partial charge in [0.2, 0.25) is 0 Å². The molecule has 0 aliphatic carbocycles. The number of carbonyl (C=O) groups excluding carboxylic acids is 1. The van der Waals surface area contributed by atoms with Crippen LogP contribution in [0.5, 0.6) is 5.75 Å². The second kappa shape index (κ2) is 7.95. The van der Waals surface area contributed by atoms with Crippen LogP contribution in [0.2, 0.25) is 0 Å². The number of halogens is 2. The Morgan fingerprint density at radius 1 is 1.25 bits per heavy atom. The fourth-order valence-corrected chi connectivity index (χ4v) is 5.87. The van der Waals surface area contributed by atoms with E-state index in [0.29, 0.717) is 15.2 Å². The fourth-order valence-electron chi connectivity index (χ4n) is 2.75. The lowest BCUT2D eigenvalue weighted by Crippen LogP contribution is -2.22. The molecular formula is C19H12I2N2O4S. The lowest BCUT2D eigenvalue weighted by molar-refractivity contribution is -0.142. The monoisotopic (exact) mass is 618 g/mol. The van der Waals surface area contributed by atoms with Crippen molar-refractivity contribution in [3.8, 4) is 5.75 Å². The summed E-state index contributed by atoms with van der Waals surface area (Å²) in [5.41, 5.74) is 2.43. The molecule has 0 amide bonds. The predicted molar refractivity (Wildman–Crippen MR) is 125 cm³/mol. The molecule has 2 aromatic heterocycles. The number of hydrogen-bond donors (Lipinski definition) is 0. The van der Waals surface area contributed by atoms with E-state index in [9.17, 15) is 9.59 Å². The zero-order chi connectivity index (χ0) is 19.8. The molecule has 2 aromatic carbocycles. The first kappa shape index (κ1) is 19.6. The topological polar surface area (TPSA) is 69.9 Å². The molecule has 4 aromatic rings. The van der Waals surface area contributed by atoms with Gasteiger partial charge >= 0.3 is 5.97 Å². The number of hydrogen-bond acceptors (Lipinski definition) is 6. The molecule has 0 unspecified atom stereocenters. The average Bonchev–Trinajstić information content (AvgIpc) is 3.17. The first-order valence-electron chi connectivity index (χ1n) is 8.08. The summed E-state index contributed by atoms with van der Waals surface area (Å²) in [6, 6.07) is 11.4. The maximum Gasteiger partial charge on any atom is 0.343 e. The molecule has 0 saturated heterocycles. The predicted octanol–water partition coefficient (Wildman–Crippen LogP) is 3.22. The van der Waals surface area contributed by atoms with Crippen LogP contribution in [0.3, 0.4) is 0 Å². The van der Waals surface area contributed by atoms with E-state index in [-0.39, 0.29) is 12.2 Å². The first-order valence-corrected chi connectivity index (χ1v) is 11.1. The van der Waals surface area contributed by atoms with Crippen molar-refractivity contribution in [3.05, 3.63) is 64.0 Å². The van der Waals surface area contributed by atoms with Gasteiger partial charge in [-0.3, -0.25) is 4.79 Å². The van der Waals surface area contributed by atoms with Gasteiger partial charge in [0.05, 0.1) is 29.8 Å². The molecule has 0 aliphatic rings. The Kier molecular flexibility index (Phi) is 5.56. The normalized spacial score (nSPS) is 12.0. The van der Waals surface area contributed by atoms with Crippen LogP contribution in [0.1, 0.15) is 5.56 Å². The number of thiazole rings is 1. The molecule has 28 heavy (non-hydrogen) atoms. The smallest absolute Gasteiger partial charge is 0.343 e. The van der Waals surface area contributed by atoms with Crippen molar-refractivity contribution in [1.82, 2.24) is 9.38 Å². The van der Waals surface area contributed by atoms with E-state index in [0.717, 1.165) is 23.7 Å². The Balaban J connectivity index is 1.76. The minimum atomic E-state index is -0.438. The minimum absolute atomic E-state index is 0.0789. The van der Waals surface area contributed by atoms with E-state index in [1.165, 1.54) is 18.4 Å². The summed E-state index contributed by atoms with van der Waals surface area (Å²) in [6.45, 7) is -0.147. The van der Waals surface area contributed by atoms with Gasteiger partial charge in [0, 0.05) is 0 Å². The van der Waals surface area contributed by atoms with Crippen molar-refractivity contribution in [2.45, 2.75) is 0 Å². The molecule has 0 atom stereocenters. The van der Waals surface area contributed by atoms with Gasteiger partial charge in [-0.15, -0.1) is 0 Å². The van der Waals surface area contributed by atoms with Crippen molar-refractivity contribution in [3.63, 3.8) is 0 Å². The molecule has 0 N–H and O–H groups in total. The van der Waals surface area contributed by atoms with Crippen molar-refractivity contribution >= 4 is 84.6 Å². The zero-order valence-corrected chi connectivity index (χ0v) is 19.6. The van der Waals surface area contributed by atoms with Crippen LogP contribution in [-0.2, 0) is 9.53 Å². The number of methoxy groups -OCH3 is 1. The number of rotatable bonds is 4. The zero-order valence-electron chi connectivity index (χ0n) is 14.4. The van der Waals surface area contributed by atoms with Crippen LogP contribution >= 0.6 is 56.5 Å². The van der Waals surface area contributed by atoms with Crippen LogP contribution in [0.15, 0.2) is 41.2 Å². The van der Waals surface area contributed by atoms with Crippen molar-refractivity contribution < 1.29 is 14.3 Å². The quantitative estimate of drug-likeness (QED) is 0.260. The third-order valence-electron chi connectivity index (χ3n) is 4.03. The molecule has 0 saturated carbocycles. The van der Waals surface area contributed by atoms with Crippen LogP contribution in [-0.4, -0.2) is 29.1 Å². The maximum absolute atomic E-state index is 12.9. The molecule has 0 bridgehead atoms. The Morgan fingerprint density at radius 3 is 2.68 bits per heavy atom. The minimum Gasteiger partial charge on any atom is -0.480 e. The van der Waals surface area contributed by atoms with E-state index >= 15 is 0 Å². The number of esters is 1. The summed E-state index contributed by atoms with van der Waals surface area (Å²) in [4.78, 5) is 29.4. The number of fused-ring (bicyclic) bond motifs is 3. The molecule has 4 rings (SSSR count). The SMILES string of the molecule is COC(=O)COc1c(I)cc(/C=c2\sc3nc4ccccc4n3c2=O)cc1I. The van der Waals surface area contributed by atoms with E-state index in [4.69, 9.17) is 4.74 Å².